The zero-order chi connectivity index (χ0) is 43.6. The van der Waals surface area contributed by atoms with Crippen molar-refractivity contribution in [2.75, 3.05) is 13.2 Å². The molecular formula is C31H32Br2F6N2O12S4. The van der Waals surface area contributed by atoms with Gasteiger partial charge in [-0.3, -0.25) is 0 Å². The molecule has 4 rings (SSSR count). The van der Waals surface area contributed by atoms with Crippen LogP contribution >= 0.6 is 54.5 Å². The van der Waals surface area contributed by atoms with Crippen LogP contribution in [0.5, 0.6) is 11.5 Å². The molecule has 0 radical (unpaired) electrons. The SMILES string of the molecule is CCOC(=O)[C@@H](O)c1c(C)cc2nc(Br)sc2c1OS(=O)(=O)C(F)(F)F.CCOC(=O)[C@@H](OC(C)(C)CC)c1c(C)cc2nc(Br)sc2c1OS(=O)(=O)C(F)(F)F. The fourth-order valence-electron chi connectivity index (χ4n) is 4.63. The Morgan fingerprint density at radius 2 is 1.14 bits per heavy atom. The van der Waals surface area contributed by atoms with Crippen LogP contribution in [-0.2, 0) is 44.0 Å². The first-order valence-electron chi connectivity index (χ1n) is 15.9. The van der Waals surface area contributed by atoms with E-state index in [0.29, 0.717) is 6.42 Å². The Balaban J connectivity index is 0.000000310. The van der Waals surface area contributed by atoms with Crippen LogP contribution in [0.15, 0.2) is 20.0 Å². The molecule has 0 aliphatic rings. The maximum Gasteiger partial charge on any atom is 0.534 e. The van der Waals surface area contributed by atoms with Crippen molar-refractivity contribution in [1.82, 2.24) is 9.97 Å². The third-order valence-corrected chi connectivity index (χ3v) is 12.4. The van der Waals surface area contributed by atoms with Crippen LogP contribution in [0.1, 0.15) is 75.5 Å². The molecule has 318 valence electrons. The average molecular weight is 1030 g/mol. The molecule has 0 aliphatic heterocycles. The van der Waals surface area contributed by atoms with Crippen LogP contribution in [0, 0.1) is 13.8 Å². The number of aryl methyl sites for hydroxylation is 2. The van der Waals surface area contributed by atoms with Gasteiger partial charge in [-0.2, -0.15) is 43.2 Å². The average Bonchev–Trinajstić information content (AvgIpc) is 3.63. The van der Waals surface area contributed by atoms with Gasteiger partial charge in [0.05, 0.1) is 39.2 Å². The van der Waals surface area contributed by atoms with E-state index in [0.717, 1.165) is 22.7 Å². The first-order chi connectivity index (χ1) is 26.0. The molecule has 0 unspecified atom stereocenters. The number of aromatic nitrogens is 2. The van der Waals surface area contributed by atoms with Crippen molar-refractivity contribution in [2.45, 2.75) is 83.7 Å². The van der Waals surface area contributed by atoms with E-state index < -0.39 is 78.1 Å². The second kappa shape index (κ2) is 18.2. The summed E-state index contributed by atoms with van der Waals surface area (Å²) in [5, 5.41) is 10.2. The highest BCUT2D eigenvalue weighted by molar-refractivity contribution is 9.11. The number of aliphatic hydroxyl groups excluding tert-OH is 1. The van der Waals surface area contributed by atoms with Gasteiger partial charge in [-0.1, -0.05) is 6.92 Å². The lowest BCUT2D eigenvalue weighted by Gasteiger charge is -2.30. The van der Waals surface area contributed by atoms with Crippen molar-refractivity contribution in [3.05, 3.63) is 42.2 Å². The maximum absolute atomic E-state index is 13.1. The molecule has 14 nitrogen and oxygen atoms in total. The number of hydrogen-bond acceptors (Lipinski definition) is 16. The van der Waals surface area contributed by atoms with Crippen LogP contribution in [0.25, 0.3) is 20.4 Å². The van der Waals surface area contributed by atoms with Crippen LogP contribution in [0.2, 0.25) is 0 Å². The molecule has 2 heterocycles. The summed E-state index contributed by atoms with van der Waals surface area (Å²) in [7, 11) is -12.1. The van der Waals surface area contributed by atoms with Crippen LogP contribution in [0.3, 0.4) is 0 Å². The highest BCUT2D eigenvalue weighted by Gasteiger charge is 2.51. The lowest BCUT2D eigenvalue weighted by atomic mass is 9.99. The maximum atomic E-state index is 13.1. The monoisotopic (exact) mass is 1020 g/mol. The molecule has 0 spiro atoms. The summed E-state index contributed by atoms with van der Waals surface area (Å²) in [4.78, 5) is 32.7. The van der Waals surface area contributed by atoms with Gasteiger partial charge >= 0.3 is 43.2 Å². The Morgan fingerprint density at radius 3 is 1.53 bits per heavy atom. The third kappa shape index (κ3) is 11.2. The molecule has 26 heteroatoms. The second-order valence-corrected chi connectivity index (χ2v) is 19.6. The Morgan fingerprint density at radius 1 is 0.754 bits per heavy atom. The van der Waals surface area contributed by atoms with Gasteiger partial charge in [0.15, 0.2) is 31.5 Å². The summed E-state index contributed by atoms with van der Waals surface area (Å²) in [6.45, 7) is 10.9. The summed E-state index contributed by atoms with van der Waals surface area (Å²) in [5.41, 5.74) is -12.2. The molecule has 0 saturated carbocycles. The molecule has 0 amide bonds. The standard InChI is InChI=1S/C18H21BrF3NO6S2.C13H11BrF3NO6S2/c1-6-17(4,5)28-13(15(24)27-7-2)11-9(3)8-10-14(30-16(19)23-10)12(11)29-31(25,26)18(20,21)22;1-3-23-11(20)8(19)7-5(2)4-6-10(25-12(14)18-6)9(7)24-26(21,22)13(15,16)17/h8,13H,6-7H2,1-5H3;4,8,19H,3H2,1-2H3/t13-;8-/m00/s1. The van der Waals surface area contributed by atoms with E-state index >= 15 is 0 Å². The van der Waals surface area contributed by atoms with Gasteiger partial charge in [0.25, 0.3) is 0 Å². The smallest absolute Gasteiger partial charge is 0.464 e. The minimum atomic E-state index is -6.04. The van der Waals surface area contributed by atoms with Gasteiger partial charge in [0, 0.05) is 11.1 Å². The van der Waals surface area contributed by atoms with Gasteiger partial charge < -0.3 is 27.7 Å². The van der Waals surface area contributed by atoms with E-state index in [1.54, 1.807) is 27.7 Å². The van der Waals surface area contributed by atoms with Gasteiger partial charge in [-0.05, 0) is 103 Å². The molecule has 2 aromatic carbocycles. The normalized spacial score (nSPS) is 13.8. The zero-order valence-electron chi connectivity index (χ0n) is 30.4. The van der Waals surface area contributed by atoms with Crippen molar-refractivity contribution in [2.24, 2.45) is 0 Å². The van der Waals surface area contributed by atoms with Crippen molar-refractivity contribution in [1.29, 1.82) is 0 Å². The van der Waals surface area contributed by atoms with Crippen LogP contribution in [0.4, 0.5) is 26.3 Å². The molecule has 0 saturated heterocycles. The number of halogens is 8. The van der Waals surface area contributed by atoms with E-state index in [1.165, 1.54) is 32.9 Å². The lowest BCUT2D eigenvalue weighted by Crippen LogP contribution is -2.32. The highest BCUT2D eigenvalue weighted by Crippen LogP contribution is 2.46. The summed E-state index contributed by atoms with van der Waals surface area (Å²) in [6.07, 6.45) is -3.12. The number of esters is 2. The number of thiazole rings is 2. The fourth-order valence-corrected chi connectivity index (χ4v) is 8.59. The summed E-state index contributed by atoms with van der Waals surface area (Å²) < 4.78 is 149. The summed E-state index contributed by atoms with van der Waals surface area (Å²) >= 11 is 7.82. The minimum absolute atomic E-state index is 0.00695. The molecule has 0 bridgehead atoms. The quantitative estimate of drug-likeness (QED) is 0.0579. The van der Waals surface area contributed by atoms with Gasteiger partial charge in [-0.25, -0.2) is 19.6 Å². The number of ether oxygens (including phenoxy) is 3. The molecule has 1 N–H and O–H groups in total. The Hall–Kier alpha value is -2.88. The Labute approximate surface area is 346 Å². The summed E-state index contributed by atoms with van der Waals surface area (Å²) in [5.74, 6) is -3.53. The number of alkyl halides is 6. The fraction of sp³-hybridized carbons (Fsp3) is 0.484. The van der Waals surface area contributed by atoms with Gasteiger partial charge in [0.1, 0.15) is 0 Å². The van der Waals surface area contributed by atoms with E-state index in [2.05, 4.69) is 54.9 Å². The number of carbonyl (C=O) groups is 2. The zero-order valence-corrected chi connectivity index (χ0v) is 36.9. The molecule has 2 aromatic heterocycles. The first kappa shape index (κ1) is 48.5. The first-order valence-corrected chi connectivity index (χ1v) is 22.0. The molecule has 2 atom stereocenters. The number of carbonyl (C=O) groups excluding carboxylic acids is 2. The Bertz CT molecular complexity index is 2370. The van der Waals surface area contributed by atoms with E-state index in [-0.39, 0.29) is 58.2 Å². The molecule has 4 aromatic rings. The topological polar surface area (TPSA) is 195 Å². The largest absolute Gasteiger partial charge is 0.534 e. The summed E-state index contributed by atoms with van der Waals surface area (Å²) in [6, 6.07) is 2.88. The number of hydrogen-bond donors (Lipinski definition) is 1. The van der Waals surface area contributed by atoms with E-state index in [9.17, 15) is 57.9 Å². The van der Waals surface area contributed by atoms with Crippen molar-refractivity contribution < 1.29 is 80.5 Å². The van der Waals surface area contributed by atoms with Gasteiger partial charge in [0.2, 0.25) is 0 Å². The third-order valence-electron chi connectivity index (χ3n) is 7.50. The van der Waals surface area contributed by atoms with Gasteiger partial charge in [-0.15, -0.1) is 22.7 Å². The number of nitrogens with zero attached hydrogens (tertiary/aromatic N) is 2. The van der Waals surface area contributed by atoms with E-state index in [4.69, 9.17) is 9.47 Å². The number of benzene rings is 2. The number of fused-ring (bicyclic) bond motifs is 2. The second-order valence-electron chi connectivity index (χ2n) is 12.0. The van der Waals surface area contributed by atoms with Crippen molar-refractivity contribution in [3.8, 4) is 11.5 Å². The molecule has 0 fully saturated rings. The minimum Gasteiger partial charge on any atom is -0.464 e. The Kier molecular flexibility index (Phi) is 15.5. The van der Waals surface area contributed by atoms with Crippen molar-refractivity contribution in [3.63, 3.8) is 0 Å². The lowest BCUT2D eigenvalue weighted by molar-refractivity contribution is -0.168. The van der Waals surface area contributed by atoms with Crippen LogP contribution < -0.4 is 8.37 Å². The van der Waals surface area contributed by atoms with E-state index in [1.807, 2.05) is 0 Å². The number of aliphatic hydroxyl groups is 1. The van der Waals surface area contributed by atoms with Crippen molar-refractivity contribution >= 4 is 107 Å². The predicted octanol–water partition coefficient (Wildman–Crippen LogP) is 8.60. The highest BCUT2D eigenvalue weighted by atomic mass is 79.9. The number of rotatable bonds is 13. The van der Waals surface area contributed by atoms with Crippen LogP contribution in [-0.4, -0.2) is 73.7 Å². The predicted molar refractivity (Wildman–Crippen MR) is 202 cm³/mol. The molecular weight excluding hydrogens is 994 g/mol. The molecule has 57 heavy (non-hydrogen) atoms. The molecule has 0 aliphatic carbocycles.